The molecule has 1 fully saturated rings. The van der Waals surface area contributed by atoms with Gasteiger partial charge >= 0.3 is 0 Å². The lowest BCUT2D eigenvalue weighted by atomic mass is 9.98. The van der Waals surface area contributed by atoms with E-state index in [-0.39, 0.29) is 11.3 Å². The Balaban J connectivity index is 1.85. The second kappa shape index (κ2) is 10.3. The molecule has 1 aliphatic rings. The maximum atomic E-state index is 13.5. The fraction of sp³-hybridized carbons (Fsp3) is 0.333. The molecule has 31 heavy (non-hydrogen) atoms. The molecule has 0 saturated carbocycles. The largest absolute Gasteiger partial charge is 0.394 e. The minimum atomic E-state index is -1.64. The van der Waals surface area contributed by atoms with Gasteiger partial charge in [-0.15, -0.1) is 11.3 Å². The van der Waals surface area contributed by atoms with Gasteiger partial charge in [0.15, 0.2) is 35.5 Å². The standard InChI is InChI=1S/C18H17ClF3N3O4S2/c19-8-3-13(30-6-8)31-18-17(28)15(16(27)12(5-26)29-18)24-4-11(25-23)7-1-9(20)14(22)10(21)2-7/h1-4,6,12,15-18,26-28H,5,23H2/p+1/t12?,15?,16-,17?,18+/m0/s1. The Morgan fingerprint density at radius 1 is 1.26 bits per heavy atom. The molecule has 13 heteroatoms. The number of ether oxygens (including phenoxy) is 1. The smallest absolute Gasteiger partial charge is 0.208 e. The van der Waals surface area contributed by atoms with Gasteiger partial charge in [-0.3, -0.25) is 0 Å². The molecule has 1 aromatic heterocycles. The predicted molar refractivity (Wildman–Crippen MR) is 111 cm³/mol. The molecule has 1 aromatic carbocycles. The van der Waals surface area contributed by atoms with Gasteiger partial charge in [0.25, 0.3) is 0 Å². The van der Waals surface area contributed by atoms with E-state index in [9.17, 15) is 28.5 Å². The number of hydrogen-bond donors (Lipinski definition) is 5. The maximum Gasteiger partial charge on any atom is 0.208 e. The van der Waals surface area contributed by atoms with E-state index in [0.29, 0.717) is 17.2 Å². The van der Waals surface area contributed by atoms with Crippen molar-refractivity contribution in [3.05, 3.63) is 51.6 Å². The molecule has 168 valence electrons. The fourth-order valence-corrected chi connectivity index (χ4v) is 5.37. The molecule has 0 spiro atoms. The molecule has 0 amide bonds. The Hall–Kier alpha value is -1.67. The lowest BCUT2D eigenvalue weighted by Gasteiger charge is -2.37. The molecule has 2 heterocycles. The molecular formula is C18H18ClF3N3O4S2+. The zero-order chi connectivity index (χ0) is 22.7. The second-order valence-corrected chi connectivity index (χ2v) is 9.26. The minimum absolute atomic E-state index is 0.166. The summed E-state index contributed by atoms with van der Waals surface area (Å²) in [5.41, 5.74) is -1.21. The van der Waals surface area contributed by atoms with Crippen molar-refractivity contribution in [3.8, 4) is 0 Å². The first-order valence-electron chi connectivity index (χ1n) is 8.80. The number of rotatable bonds is 6. The molecule has 7 nitrogen and oxygen atoms in total. The number of benzene rings is 1. The number of nitrogens with one attached hydrogen (secondary N) is 1. The summed E-state index contributed by atoms with van der Waals surface area (Å²) in [6.45, 7) is -0.527. The van der Waals surface area contributed by atoms with Crippen LogP contribution in [0.2, 0.25) is 5.02 Å². The van der Waals surface area contributed by atoms with Crippen LogP contribution >= 0.6 is 34.7 Å². The molecule has 2 aromatic rings. The van der Waals surface area contributed by atoms with Gasteiger partial charge in [-0.1, -0.05) is 23.4 Å². The van der Waals surface area contributed by atoms with Crippen LogP contribution in [0.15, 0.2) is 32.9 Å². The quantitative estimate of drug-likeness (QED) is 0.169. The highest BCUT2D eigenvalue weighted by Crippen LogP contribution is 2.36. The number of nitrogens with zero attached hydrogens (tertiary/aromatic N) is 1. The highest BCUT2D eigenvalue weighted by Gasteiger charge is 2.48. The number of thiophene rings is 1. The third-order valence-corrected chi connectivity index (χ3v) is 7.11. The summed E-state index contributed by atoms with van der Waals surface area (Å²) >= 11 is 8.39. The fourth-order valence-electron chi connectivity index (χ4n) is 2.93. The molecule has 0 bridgehead atoms. The first-order chi connectivity index (χ1) is 14.7. The van der Waals surface area contributed by atoms with Crippen molar-refractivity contribution >= 4 is 46.6 Å². The summed E-state index contributed by atoms with van der Waals surface area (Å²) < 4.78 is 46.6. The van der Waals surface area contributed by atoms with E-state index >= 15 is 0 Å². The van der Waals surface area contributed by atoms with E-state index in [1.165, 1.54) is 11.3 Å². The third-order valence-electron chi connectivity index (χ3n) is 4.49. The van der Waals surface area contributed by atoms with Gasteiger partial charge in [-0.2, -0.15) is 5.10 Å². The number of aliphatic hydroxyl groups excluding tert-OH is 3. The van der Waals surface area contributed by atoms with E-state index in [4.69, 9.17) is 22.2 Å². The third kappa shape index (κ3) is 5.40. The number of hydrazone groups is 1. The molecule has 5 atom stereocenters. The normalized spacial score (nSPS) is 27.2. The Labute approximate surface area is 188 Å². The van der Waals surface area contributed by atoms with E-state index in [0.717, 1.165) is 22.2 Å². The average Bonchev–Trinajstić information content (AvgIpc) is 3.15. The lowest BCUT2D eigenvalue weighted by molar-refractivity contribution is -0.537. The molecule has 3 unspecified atom stereocenters. The van der Waals surface area contributed by atoms with Crippen molar-refractivity contribution < 1.29 is 38.2 Å². The minimum Gasteiger partial charge on any atom is -0.394 e. The lowest BCUT2D eigenvalue weighted by Crippen LogP contribution is -2.87. The zero-order valence-corrected chi connectivity index (χ0v) is 18.0. The van der Waals surface area contributed by atoms with E-state index in [2.05, 4.69) is 10.1 Å². The number of halogens is 4. The first kappa shape index (κ1) is 24.0. The van der Waals surface area contributed by atoms with E-state index in [1.807, 2.05) is 0 Å². The highest BCUT2D eigenvalue weighted by molar-refractivity contribution is 8.01. The van der Waals surface area contributed by atoms with Crippen molar-refractivity contribution in [2.24, 2.45) is 10.9 Å². The van der Waals surface area contributed by atoms with E-state index < -0.39 is 53.8 Å². The maximum absolute atomic E-state index is 13.5. The average molecular weight is 497 g/mol. The zero-order valence-electron chi connectivity index (χ0n) is 15.6. The number of aliphatic hydroxyl groups is 3. The summed E-state index contributed by atoms with van der Waals surface area (Å²) in [5.74, 6) is 0.793. The molecule has 6 N–H and O–H groups in total. The van der Waals surface area contributed by atoms with E-state index in [1.54, 1.807) is 11.4 Å². The first-order valence-corrected chi connectivity index (χ1v) is 10.9. The van der Waals surface area contributed by atoms with Gasteiger partial charge in [0.1, 0.15) is 17.6 Å². The summed E-state index contributed by atoms with van der Waals surface area (Å²) in [6, 6.07) is 2.02. The predicted octanol–water partition coefficient (Wildman–Crippen LogP) is 0.233. The van der Waals surface area contributed by atoms with Crippen LogP contribution in [0.5, 0.6) is 0 Å². The number of thioether (sulfide) groups is 1. The molecule has 1 aliphatic heterocycles. The van der Waals surface area contributed by atoms with Crippen LogP contribution < -0.4 is 10.8 Å². The van der Waals surface area contributed by atoms with Gasteiger partial charge in [0, 0.05) is 10.9 Å². The van der Waals surface area contributed by atoms with Crippen LogP contribution in [-0.4, -0.2) is 63.6 Å². The van der Waals surface area contributed by atoms with Crippen LogP contribution in [-0.2, 0) is 4.74 Å². The summed E-state index contributed by atoms with van der Waals surface area (Å²) in [4.78, 5) is 2.71. The molecule has 1 saturated heterocycles. The van der Waals surface area contributed by atoms with Crippen molar-refractivity contribution in [2.75, 3.05) is 6.61 Å². The van der Waals surface area contributed by atoms with Crippen molar-refractivity contribution in [1.82, 2.24) is 0 Å². The van der Waals surface area contributed by atoms with Crippen LogP contribution in [0.3, 0.4) is 0 Å². The van der Waals surface area contributed by atoms with Crippen LogP contribution in [0, 0.1) is 17.5 Å². The van der Waals surface area contributed by atoms with Crippen molar-refractivity contribution in [1.29, 1.82) is 0 Å². The second-order valence-electron chi connectivity index (χ2n) is 6.51. The summed E-state index contributed by atoms with van der Waals surface area (Å²) in [6.07, 6.45) is -2.53. The van der Waals surface area contributed by atoms with Gasteiger partial charge in [-0.25, -0.2) is 18.2 Å². The molecule has 0 radical (unpaired) electrons. The Bertz CT molecular complexity index is 971. The Morgan fingerprint density at radius 3 is 2.48 bits per heavy atom. The highest BCUT2D eigenvalue weighted by atomic mass is 35.5. The number of hydrogen-bond acceptors (Lipinski definition) is 8. The number of nitrogens with two attached hydrogens (primary N) is 1. The summed E-state index contributed by atoms with van der Waals surface area (Å²) in [7, 11) is 0. The summed E-state index contributed by atoms with van der Waals surface area (Å²) in [5, 5.41) is 36.4. The molecular weight excluding hydrogens is 479 g/mol. The van der Waals surface area contributed by atoms with Gasteiger partial charge < -0.3 is 25.9 Å². The topological polar surface area (TPSA) is 122 Å². The van der Waals surface area contributed by atoms with Crippen LogP contribution in [0.25, 0.3) is 0 Å². The van der Waals surface area contributed by atoms with Crippen LogP contribution in [0.1, 0.15) is 5.56 Å². The van der Waals surface area contributed by atoms with Gasteiger partial charge in [0.2, 0.25) is 6.04 Å². The van der Waals surface area contributed by atoms with Crippen molar-refractivity contribution in [2.45, 2.75) is 34.0 Å². The SMILES string of the molecule is NN=C(C=[NH+]C1C(O)[C@@H](Sc2cc(Cl)cs2)OC(CO)[C@@H]1O)c1cc(F)c(F)c(F)c1. The van der Waals surface area contributed by atoms with Crippen molar-refractivity contribution in [3.63, 3.8) is 0 Å². The molecule has 0 aliphatic carbocycles. The van der Waals surface area contributed by atoms with Crippen LogP contribution in [0.4, 0.5) is 13.2 Å². The molecule has 3 rings (SSSR count). The Kier molecular flexibility index (Phi) is 7.97. The Morgan fingerprint density at radius 2 is 1.94 bits per heavy atom. The van der Waals surface area contributed by atoms with Gasteiger partial charge in [0.05, 0.1) is 15.8 Å². The van der Waals surface area contributed by atoms with Gasteiger partial charge in [-0.05, 0) is 18.2 Å². The monoisotopic (exact) mass is 496 g/mol.